The highest BCUT2D eigenvalue weighted by Crippen LogP contribution is 2.35. The number of hydrogen-bond donors (Lipinski definition) is 1. The zero-order valence-electron chi connectivity index (χ0n) is 15.1. The fourth-order valence-corrected chi connectivity index (χ4v) is 4.11. The molecule has 0 unspecified atom stereocenters. The number of hydrogen-bond acceptors (Lipinski definition) is 7. The molecule has 148 valence electrons. The van der Waals surface area contributed by atoms with Crippen molar-refractivity contribution in [2.24, 2.45) is 0 Å². The van der Waals surface area contributed by atoms with Gasteiger partial charge in [-0.25, -0.2) is 14.1 Å². The van der Waals surface area contributed by atoms with E-state index in [-0.39, 0.29) is 17.3 Å². The molecule has 10 heteroatoms. The summed E-state index contributed by atoms with van der Waals surface area (Å²) in [4.78, 5) is 42.8. The molecule has 5 rings (SSSR count). The normalized spacial score (nSPS) is 18.8. The summed E-state index contributed by atoms with van der Waals surface area (Å²) in [5.74, 6) is -2.01. The summed E-state index contributed by atoms with van der Waals surface area (Å²) in [6.07, 6.45) is 3.29. The predicted molar refractivity (Wildman–Crippen MR) is 103 cm³/mol. The number of carbonyl (C=O) groups excluding carboxylic acids is 2. The maximum absolute atomic E-state index is 13.3. The van der Waals surface area contributed by atoms with E-state index >= 15 is 0 Å². The van der Waals surface area contributed by atoms with Gasteiger partial charge < -0.3 is 14.9 Å². The Morgan fingerprint density at radius 2 is 1.86 bits per heavy atom. The van der Waals surface area contributed by atoms with E-state index in [4.69, 9.17) is 21.2 Å². The van der Waals surface area contributed by atoms with Crippen LogP contribution in [0.3, 0.4) is 0 Å². The van der Waals surface area contributed by atoms with E-state index in [1.807, 2.05) is 0 Å². The van der Waals surface area contributed by atoms with Crippen LogP contribution in [0, 0.1) is 0 Å². The van der Waals surface area contributed by atoms with Crippen molar-refractivity contribution in [3.05, 3.63) is 51.4 Å². The van der Waals surface area contributed by atoms with Crippen molar-refractivity contribution < 1.29 is 19.2 Å². The molecule has 2 aliphatic rings. The first kappa shape index (κ1) is 17.9. The van der Waals surface area contributed by atoms with Gasteiger partial charge in [0.1, 0.15) is 0 Å². The molecule has 0 aliphatic carbocycles. The highest BCUT2D eigenvalue weighted by atomic mass is 35.5. The Morgan fingerprint density at radius 1 is 1.10 bits per heavy atom. The van der Waals surface area contributed by atoms with Gasteiger partial charge in [-0.1, -0.05) is 17.7 Å². The number of rotatable bonds is 1. The Bertz CT molecular complexity index is 1270. The number of nitrogens with one attached hydrogen (secondary N) is 1. The Kier molecular flexibility index (Phi) is 4.14. The lowest BCUT2D eigenvalue weighted by Crippen LogP contribution is -2.35. The second-order valence-electron chi connectivity index (χ2n) is 6.87. The van der Waals surface area contributed by atoms with Crippen LogP contribution in [-0.4, -0.2) is 39.4 Å². The summed E-state index contributed by atoms with van der Waals surface area (Å²) in [5, 5.41) is 8.69. The molecule has 0 amide bonds. The zero-order chi connectivity index (χ0) is 20.1. The van der Waals surface area contributed by atoms with E-state index in [2.05, 4.69) is 10.4 Å². The van der Waals surface area contributed by atoms with Crippen LogP contribution >= 0.6 is 11.6 Å². The number of aromatic nitrogens is 3. The number of halogens is 1. The summed E-state index contributed by atoms with van der Waals surface area (Å²) >= 11 is 6.40. The molecule has 2 aromatic heterocycles. The van der Waals surface area contributed by atoms with Crippen molar-refractivity contribution in [1.82, 2.24) is 19.7 Å². The minimum atomic E-state index is -0.894. The third-order valence-electron chi connectivity index (χ3n) is 5.12. The molecule has 0 spiro atoms. The van der Waals surface area contributed by atoms with Gasteiger partial charge in [-0.2, -0.15) is 5.10 Å². The van der Waals surface area contributed by atoms with Gasteiger partial charge in [-0.15, -0.1) is 4.73 Å². The molecule has 1 saturated heterocycles. The highest BCUT2D eigenvalue weighted by molar-refractivity contribution is 6.36. The van der Waals surface area contributed by atoms with Gasteiger partial charge in [0.2, 0.25) is 5.75 Å². The molecule has 2 bridgehead atoms. The summed E-state index contributed by atoms with van der Waals surface area (Å²) in [5.41, 5.74) is 0.452. The Morgan fingerprint density at radius 3 is 2.66 bits per heavy atom. The largest absolute Gasteiger partial charge is 0.415 e. The summed E-state index contributed by atoms with van der Waals surface area (Å²) in [6, 6.07) is 5.15. The fourth-order valence-electron chi connectivity index (χ4n) is 3.85. The third kappa shape index (κ3) is 2.81. The monoisotopic (exact) mass is 414 g/mol. The van der Waals surface area contributed by atoms with Crippen molar-refractivity contribution in [2.75, 3.05) is 13.1 Å². The van der Waals surface area contributed by atoms with Crippen molar-refractivity contribution in [3.63, 3.8) is 0 Å². The van der Waals surface area contributed by atoms with Crippen LogP contribution in [0.5, 0.6) is 5.75 Å². The quantitative estimate of drug-likeness (QED) is 0.596. The van der Waals surface area contributed by atoms with Crippen molar-refractivity contribution in [3.8, 4) is 5.75 Å². The van der Waals surface area contributed by atoms with E-state index in [0.717, 1.165) is 42.8 Å². The molecule has 0 atom stereocenters. The first-order chi connectivity index (χ1) is 14.0. The van der Waals surface area contributed by atoms with E-state index in [1.54, 1.807) is 18.2 Å². The smallest absolute Gasteiger partial charge is 0.356 e. The lowest BCUT2D eigenvalue weighted by Gasteiger charge is -2.25. The average Bonchev–Trinajstić information content (AvgIpc) is 3.11. The van der Waals surface area contributed by atoms with Gasteiger partial charge in [0.25, 0.3) is 0 Å². The van der Waals surface area contributed by atoms with Crippen LogP contribution in [0.15, 0.2) is 35.1 Å². The minimum Gasteiger partial charge on any atom is -0.415 e. The fraction of sp³-hybridized carbons (Fsp3) is 0.263. The van der Waals surface area contributed by atoms with Gasteiger partial charge in [-0.3, -0.25) is 4.79 Å². The molecule has 1 fully saturated rings. The lowest BCUT2D eigenvalue weighted by atomic mass is 9.93. The number of esters is 1. The third-order valence-corrected chi connectivity index (χ3v) is 5.44. The molecule has 4 heterocycles. The van der Waals surface area contributed by atoms with Crippen molar-refractivity contribution >= 4 is 40.1 Å². The number of piperidine rings is 1. The van der Waals surface area contributed by atoms with Crippen LogP contribution in [0.4, 0.5) is 0 Å². The summed E-state index contributed by atoms with van der Waals surface area (Å²) < 4.78 is 7.68. The van der Waals surface area contributed by atoms with Gasteiger partial charge in [-0.05, 0) is 38.1 Å². The second-order valence-corrected chi connectivity index (χ2v) is 7.28. The summed E-state index contributed by atoms with van der Waals surface area (Å²) in [6.45, 7) is 1.50. The molecular weight excluding hydrogens is 400 g/mol. The minimum absolute atomic E-state index is 0.0857. The van der Waals surface area contributed by atoms with Crippen LogP contribution in [0.1, 0.15) is 24.5 Å². The van der Waals surface area contributed by atoms with Crippen molar-refractivity contribution in [1.29, 1.82) is 0 Å². The molecule has 0 radical (unpaired) electrons. The number of nitrogens with zero attached hydrogens (tertiary/aromatic N) is 3. The maximum atomic E-state index is 13.3. The Labute approximate surface area is 168 Å². The zero-order valence-corrected chi connectivity index (χ0v) is 15.8. The first-order valence-corrected chi connectivity index (χ1v) is 9.51. The number of fused-ring (bicyclic) bond motifs is 6. The van der Waals surface area contributed by atoms with E-state index in [1.165, 1.54) is 4.52 Å². The van der Waals surface area contributed by atoms with Crippen LogP contribution in [-0.2, 0) is 9.59 Å². The van der Waals surface area contributed by atoms with Gasteiger partial charge in [0.05, 0.1) is 21.6 Å². The molecule has 9 nitrogen and oxygen atoms in total. The molecule has 0 saturated carbocycles. The molecule has 3 aromatic rings. The highest BCUT2D eigenvalue weighted by Gasteiger charge is 2.31. The van der Waals surface area contributed by atoms with E-state index in [0.29, 0.717) is 21.6 Å². The predicted octanol–water partition coefficient (Wildman–Crippen LogP) is 1.20. The maximum Gasteiger partial charge on any atom is 0.356 e. The van der Waals surface area contributed by atoms with Gasteiger partial charge in [0, 0.05) is 18.1 Å². The Hall–Kier alpha value is -3.17. The molecule has 1 N–H and O–H groups in total. The van der Waals surface area contributed by atoms with Gasteiger partial charge in [0.15, 0.2) is 5.65 Å². The second kappa shape index (κ2) is 6.71. The molecule has 29 heavy (non-hydrogen) atoms. The van der Waals surface area contributed by atoms with Crippen LogP contribution < -0.4 is 20.5 Å². The number of carbonyl (C=O) groups is 2. The van der Waals surface area contributed by atoms with E-state index < -0.39 is 17.5 Å². The molecular formula is C19H15ClN4O5. The standard InChI is InChI=1S/C19H15ClN4O5/c20-11-2-1-3-12-15(11)18-23(22-12)16(10-6-8-21-9-7-10)17-19(27)24(18)29-14(26)5-4-13(25)28-17/h1-5,10,21H,6-9H2/b5-4-. The van der Waals surface area contributed by atoms with Crippen molar-refractivity contribution in [2.45, 2.75) is 18.8 Å². The van der Waals surface area contributed by atoms with E-state index in [9.17, 15) is 14.4 Å². The Balaban J connectivity index is 1.95. The number of ether oxygens (including phenoxy) is 1. The topological polar surface area (TPSA) is 104 Å². The van der Waals surface area contributed by atoms with Crippen LogP contribution in [0.2, 0.25) is 5.02 Å². The SMILES string of the molecule is O=C1/C=C\C(=O)On2c(=O)c(c(C3CCNCC3)n3nc4cccc(Cl)c4c23)O1. The summed E-state index contributed by atoms with van der Waals surface area (Å²) in [7, 11) is 0. The first-order valence-electron chi connectivity index (χ1n) is 9.13. The molecule has 2 aliphatic heterocycles. The molecule has 1 aromatic carbocycles. The van der Waals surface area contributed by atoms with Crippen LogP contribution in [0.25, 0.3) is 16.6 Å². The average molecular weight is 415 g/mol. The number of benzene rings is 1. The van der Waals surface area contributed by atoms with Gasteiger partial charge >= 0.3 is 17.5 Å². The lowest BCUT2D eigenvalue weighted by molar-refractivity contribution is -0.138.